The van der Waals surface area contributed by atoms with Crippen molar-refractivity contribution in [1.82, 2.24) is 0 Å². The summed E-state index contributed by atoms with van der Waals surface area (Å²) >= 11 is 0. The van der Waals surface area contributed by atoms with Gasteiger partial charge in [0.2, 0.25) is 0 Å². The molecule has 18 heavy (non-hydrogen) atoms. The van der Waals surface area contributed by atoms with Crippen LogP contribution in [-0.4, -0.2) is 0 Å². The number of hydrogen-bond donors (Lipinski definition) is 0. The van der Waals surface area contributed by atoms with E-state index in [1.165, 1.54) is 38.5 Å². The molecule has 0 saturated heterocycles. The van der Waals surface area contributed by atoms with Crippen molar-refractivity contribution < 1.29 is 0 Å². The Labute approximate surface area is 117 Å². The zero-order chi connectivity index (χ0) is 14.1. The molecule has 0 amide bonds. The highest BCUT2D eigenvalue weighted by atomic mass is 14.3. The first kappa shape index (κ1) is 18.0. The Morgan fingerprint density at radius 2 is 1.56 bits per heavy atom. The van der Waals surface area contributed by atoms with Gasteiger partial charge in [-0.1, -0.05) is 67.7 Å². The van der Waals surface area contributed by atoms with Crippen LogP contribution in [0.4, 0.5) is 0 Å². The second-order valence-electron chi connectivity index (χ2n) is 7.01. The minimum atomic E-state index is 0.875. The van der Waals surface area contributed by atoms with Gasteiger partial charge in [-0.3, -0.25) is 0 Å². The molecular weight excluding hydrogens is 216 g/mol. The maximum Gasteiger partial charge on any atom is -0.0388 e. The molecule has 0 aromatic rings. The molecule has 0 heterocycles. The molecule has 3 unspecified atom stereocenters. The quantitative estimate of drug-likeness (QED) is 0.522. The Morgan fingerprint density at radius 1 is 0.944 bits per heavy atom. The van der Waals surface area contributed by atoms with E-state index in [-0.39, 0.29) is 0 Å². The van der Waals surface area contributed by atoms with E-state index >= 15 is 0 Å². The summed E-state index contributed by atoms with van der Waals surface area (Å²) in [6.45, 7) is 16.0. The Bertz CT molecular complexity index is 180. The van der Waals surface area contributed by atoms with E-state index in [2.05, 4.69) is 34.6 Å². The van der Waals surface area contributed by atoms with Gasteiger partial charge in [0.1, 0.15) is 0 Å². The lowest BCUT2D eigenvalue weighted by atomic mass is 9.73. The third kappa shape index (κ3) is 7.44. The van der Waals surface area contributed by atoms with Crippen molar-refractivity contribution in [3.8, 4) is 0 Å². The Hall–Kier alpha value is 0. The third-order valence-electron chi connectivity index (χ3n) is 4.38. The predicted octanol–water partition coefficient (Wildman–Crippen LogP) is 6.55. The molecule has 0 nitrogen and oxygen atoms in total. The molecule has 110 valence electrons. The molecule has 1 saturated carbocycles. The molecule has 0 aromatic heterocycles. The molecule has 1 aliphatic carbocycles. The molecule has 1 aliphatic rings. The Kier molecular flexibility index (Phi) is 9.87. The molecule has 0 radical (unpaired) electrons. The van der Waals surface area contributed by atoms with Crippen LogP contribution in [0.3, 0.4) is 0 Å². The number of rotatable bonds is 5. The smallest absolute Gasteiger partial charge is 0.0388 e. The van der Waals surface area contributed by atoms with Gasteiger partial charge in [-0.2, -0.15) is 0 Å². The van der Waals surface area contributed by atoms with Gasteiger partial charge < -0.3 is 0 Å². The van der Waals surface area contributed by atoms with Gasteiger partial charge >= 0.3 is 0 Å². The van der Waals surface area contributed by atoms with Crippen LogP contribution in [0.25, 0.3) is 0 Å². The minimum absolute atomic E-state index is 0.875. The maximum absolute atomic E-state index is 2.46. The zero-order valence-corrected chi connectivity index (χ0v) is 14.1. The second-order valence-corrected chi connectivity index (χ2v) is 7.01. The van der Waals surface area contributed by atoms with Gasteiger partial charge in [0, 0.05) is 0 Å². The standard InChI is InChI=1S/C16H32.C2H6/c1-12(2)9-14(5)10-15-7-6-8-16(11-15)13(3)4;1-2/h12-16H,6-11H2,1-5H3;1-2H3. The first-order valence-corrected chi connectivity index (χ1v) is 8.49. The van der Waals surface area contributed by atoms with E-state index in [1.807, 2.05) is 13.8 Å². The fourth-order valence-corrected chi connectivity index (χ4v) is 3.62. The highest BCUT2D eigenvalue weighted by Crippen LogP contribution is 2.37. The molecule has 0 N–H and O–H groups in total. The Morgan fingerprint density at radius 3 is 2.06 bits per heavy atom. The lowest BCUT2D eigenvalue weighted by Crippen LogP contribution is -2.21. The molecular formula is C18H38. The molecule has 0 bridgehead atoms. The maximum atomic E-state index is 2.46. The van der Waals surface area contributed by atoms with Gasteiger partial charge in [-0.05, 0) is 48.9 Å². The lowest BCUT2D eigenvalue weighted by molar-refractivity contribution is 0.186. The molecule has 0 aromatic carbocycles. The van der Waals surface area contributed by atoms with E-state index < -0.39 is 0 Å². The second kappa shape index (κ2) is 9.87. The van der Waals surface area contributed by atoms with Crippen molar-refractivity contribution in [1.29, 1.82) is 0 Å². The zero-order valence-electron chi connectivity index (χ0n) is 14.1. The summed E-state index contributed by atoms with van der Waals surface area (Å²) in [7, 11) is 0. The third-order valence-corrected chi connectivity index (χ3v) is 4.38. The summed E-state index contributed by atoms with van der Waals surface area (Å²) in [6, 6.07) is 0. The van der Waals surface area contributed by atoms with Crippen LogP contribution in [0.2, 0.25) is 0 Å². The van der Waals surface area contributed by atoms with Crippen molar-refractivity contribution in [3.05, 3.63) is 0 Å². The predicted molar refractivity (Wildman–Crippen MR) is 84.9 cm³/mol. The summed E-state index contributed by atoms with van der Waals surface area (Å²) in [5, 5.41) is 0. The summed E-state index contributed by atoms with van der Waals surface area (Å²) in [5.74, 6) is 4.78. The largest absolute Gasteiger partial charge is 0.0683 e. The van der Waals surface area contributed by atoms with E-state index in [0.29, 0.717) is 0 Å². The molecule has 1 fully saturated rings. The van der Waals surface area contributed by atoms with Crippen molar-refractivity contribution >= 4 is 0 Å². The average molecular weight is 255 g/mol. The SMILES string of the molecule is CC.CC(C)CC(C)CC1CCCC(C(C)C)C1. The van der Waals surface area contributed by atoms with Crippen LogP contribution >= 0.6 is 0 Å². The molecule has 3 atom stereocenters. The highest BCUT2D eigenvalue weighted by molar-refractivity contribution is 4.76. The topological polar surface area (TPSA) is 0 Å². The minimum Gasteiger partial charge on any atom is -0.0683 e. The molecule has 1 rings (SSSR count). The summed E-state index contributed by atoms with van der Waals surface area (Å²) < 4.78 is 0. The van der Waals surface area contributed by atoms with E-state index in [4.69, 9.17) is 0 Å². The van der Waals surface area contributed by atoms with E-state index in [1.54, 1.807) is 0 Å². The van der Waals surface area contributed by atoms with Crippen LogP contribution in [0, 0.1) is 29.6 Å². The average Bonchev–Trinajstić information content (AvgIpc) is 2.30. The van der Waals surface area contributed by atoms with E-state index in [9.17, 15) is 0 Å². The van der Waals surface area contributed by atoms with Gasteiger partial charge in [0.05, 0.1) is 0 Å². The summed E-state index contributed by atoms with van der Waals surface area (Å²) in [6.07, 6.45) is 8.91. The van der Waals surface area contributed by atoms with Crippen molar-refractivity contribution in [2.75, 3.05) is 0 Å². The highest BCUT2D eigenvalue weighted by Gasteiger charge is 2.25. The fraction of sp³-hybridized carbons (Fsp3) is 1.00. The van der Waals surface area contributed by atoms with Crippen LogP contribution < -0.4 is 0 Å². The van der Waals surface area contributed by atoms with Gasteiger partial charge in [0.15, 0.2) is 0 Å². The van der Waals surface area contributed by atoms with Crippen molar-refractivity contribution in [2.45, 2.75) is 87.0 Å². The van der Waals surface area contributed by atoms with Crippen molar-refractivity contribution in [3.63, 3.8) is 0 Å². The molecule has 0 aliphatic heterocycles. The first-order chi connectivity index (χ1) is 8.49. The number of hydrogen-bond acceptors (Lipinski definition) is 0. The lowest BCUT2D eigenvalue weighted by Gasteiger charge is -2.33. The molecule has 0 spiro atoms. The van der Waals surface area contributed by atoms with Crippen LogP contribution in [0.1, 0.15) is 87.0 Å². The van der Waals surface area contributed by atoms with Gasteiger partial charge in [-0.25, -0.2) is 0 Å². The fourth-order valence-electron chi connectivity index (χ4n) is 3.62. The van der Waals surface area contributed by atoms with E-state index in [0.717, 1.165) is 29.6 Å². The monoisotopic (exact) mass is 254 g/mol. The summed E-state index contributed by atoms with van der Waals surface area (Å²) in [4.78, 5) is 0. The van der Waals surface area contributed by atoms with Crippen LogP contribution in [0.15, 0.2) is 0 Å². The van der Waals surface area contributed by atoms with Crippen molar-refractivity contribution in [2.24, 2.45) is 29.6 Å². The molecule has 0 heteroatoms. The van der Waals surface area contributed by atoms with Gasteiger partial charge in [-0.15, -0.1) is 0 Å². The Balaban J connectivity index is 0.00000137. The van der Waals surface area contributed by atoms with Crippen LogP contribution in [0.5, 0.6) is 0 Å². The van der Waals surface area contributed by atoms with Gasteiger partial charge in [0.25, 0.3) is 0 Å². The first-order valence-electron chi connectivity index (χ1n) is 8.49. The van der Waals surface area contributed by atoms with Crippen LogP contribution in [-0.2, 0) is 0 Å². The normalized spacial score (nSPS) is 25.8. The summed E-state index contributed by atoms with van der Waals surface area (Å²) in [5.41, 5.74) is 0.